The number of aliphatic imine (C=N–C) groups is 1. The number of aryl methyl sites for hydroxylation is 1. The molecule has 1 aliphatic heterocycles. The molecule has 144 valence electrons. The zero-order chi connectivity index (χ0) is 19.8. The maximum absolute atomic E-state index is 6.66. The SMILES string of the molecule is CCCN1c2cc(Cl)c(C=Nc3ccc(Br)c(C)c3)cc2C(C)CC1(C)C. The largest absolute Gasteiger partial charge is 0.366 e. The molecule has 1 aliphatic rings. The Bertz CT molecular complexity index is 873. The third-order valence-corrected chi connectivity index (χ3v) is 6.66. The van der Waals surface area contributed by atoms with Gasteiger partial charge in [0.2, 0.25) is 0 Å². The molecular formula is C23H28BrClN2. The van der Waals surface area contributed by atoms with E-state index in [1.165, 1.54) is 16.8 Å². The summed E-state index contributed by atoms with van der Waals surface area (Å²) in [4.78, 5) is 7.17. The summed E-state index contributed by atoms with van der Waals surface area (Å²) in [6, 6.07) is 10.5. The van der Waals surface area contributed by atoms with Crippen LogP contribution in [0.15, 0.2) is 39.8 Å². The molecule has 1 unspecified atom stereocenters. The van der Waals surface area contributed by atoms with Crippen molar-refractivity contribution >= 4 is 45.1 Å². The highest BCUT2D eigenvalue weighted by Gasteiger charge is 2.36. The summed E-state index contributed by atoms with van der Waals surface area (Å²) >= 11 is 10.2. The van der Waals surface area contributed by atoms with Gasteiger partial charge in [0.15, 0.2) is 0 Å². The highest BCUT2D eigenvalue weighted by molar-refractivity contribution is 9.10. The number of hydrogen-bond acceptors (Lipinski definition) is 2. The lowest BCUT2D eigenvalue weighted by Gasteiger charge is -2.47. The summed E-state index contributed by atoms with van der Waals surface area (Å²) in [5.74, 6) is 0.502. The van der Waals surface area contributed by atoms with Crippen LogP contribution in [0.25, 0.3) is 0 Å². The maximum atomic E-state index is 6.66. The van der Waals surface area contributed by atoms with Crippen LogP contribution in [0.3, 0.4) is 0 Å². The number of benzene rings is 2. The van der Waals surface area contributed by atoms with E-state index in [-0.39, 0.29) is 5.54 Å². The fourth-order valence-corrected chi connectivity index (χ4v) is 4.57. The first-order valence-corrected chi connectivity index (χ1v) is 10.8. The Hall–Kier alpha value is -1.32. The fourth-order valence-electron chi connectivity index (χ4n) is 4.12. The molecule has 2 aromatic rings. The van der Waals surface area contributed by atoms with Crippen molar-refractivity contribution in [3.05, 3.63) is 56.5 Å². The molecule has 0 amide bonds. The summed E-state index contributed by atoms with van der Waals surface area (Å²) in [5.41, 5.74) is 5.90. The Morgan fingerprint density at radius 3 is 2.70 bits per heavy atom. The Balaban J connectivity index is 1.99. The molecule has 0 spiro atoms. The van der Waals surface area contributed by atoms with E-state index in [4.69, 9.17) is 11.6 Å². The van der Waals surface area contributed by atoms with Crippen molar-refractivity contribution in [2.75, 3.05) is 11.4 Å². The number of anilines is 1. The van der Waals surface area contributed by atoms with E-state index in [0.29, 0.717) is 5.92 Å². The molecule has 2 nitrogen and oxygen atoms in total. The molecule has 1 atom stereocenters. The van der Waals surface area contributed by atoms with Crippen molar-refractivity contribution in [3.8, 4) is 0 Å². The van der Waals surface area contributed by atoms with Gasteiger partial charge in [0, 0.05) is 34.0 Å². The maximum Gasteiger partial charge on any atom is 0.0633 e. The highest BCUT2D eigenvalue weighted by atomic mass is 79.9. The van der Waals surface area contributed by atoms with Gasteiger partial charge in [-0.2, -0.15) is 0 Å². The molecule has 0 saturated heterocycles. The van der Waals surface area contributed by atoms with Gasteiger partial charge in [-0.3, -0.25) is 4.99 Å². The van der Waals surface area contributed by atoms with Gasteiger partial charge in [0.1, 0.15) is 0 Å². The molecule has 0 aromatic heterocycles. The molecule has 0 bridgehead atoms. The van der Waals surface area contributed by atoms with Gasteiger partial charge >= 0.3 is 0 Å². The van der Waals surface area contributed by atoms with Crippen LogP contribution in [0.5, 0.6) is 0 Å². The van der Waals surface area contributed by atoms with Crippen molar-refractivity contribution in [2.24, 2.45) is 4.99 Å². The van der Waals surface area contributed by atoms with E-state index in [0.717, 1.165) is 40.1 Å². The molecule has 0 N–H and O–H groups in total. The normalized spacial score (nSPS) is 18.8. The third kappa shape index (κ3) is 4.25. The number of hydrogen-bond donors (Lipinski definition) is 0. The Kier molecular flexibility index (Phi) is 6.02. The van der Waals surface area contributed by atoms with E-state index in [9.17, 15) is 0 Å². The standard InChI is InChI=1S/C23H28BrClN2/c1-6-9-27-22-12-21(25)17(11-19(22)16(3)13-23(27,4)5)14-26-18-7-8-20(24)15(2)10-18/h7-8,10-12,14,16H,6,9,13H2,1-5H3. The summed E-state index contributed by atoms with van der Waals surface area (Å²) in [7, 11) is 0. The van der Waals surface area contributed by atoms with Crippen LogP contribution in [0.1, 0.15) is 63.1 Å². The van der Waals surface area contributed by atoms with Gasteiger partial charge in [-0.05, 0) is 81.0 Å². The van der Waals surface area contributed by atoms with Crippen LogP contribution in [0, 0.1) is 6.92 Å². The minimum atomic E-state index is 0.149. The first kappa shape index (κ1) is 20.4. The molecule has 0 aliphatic carbocycles. The number of rotatable bonds is 4. The van der Waals surface area contributed by atoms with Crippen molar-refractivity contribution in [3.63, 3.8) is 0 Å². The highest BCUT2D eigenvalue weighted by Crippen LogP contribution is 2.45. The minimum Gasteiger partial charge on any atom is -0.366 e. The van der Waals surface area contributed by atoms with Gasteiger partial charge in [-0.1, -0.05) is 41.4 Å². The average molecular weight is 448 g/mol. The Morgan fingerprint density at radius 1 is 1.30 bits per heavy atom. The molecule has 0 fully saturated rings. The molecule has 27 heavy (non-hydrogen) atoms. The van der Waals surface area contributed by atoms with E-state index >= 15 is 0 Å². The first-order chi connectivity index (χ1) is 12.7. The second-order valence-corrected chi connectivity index (χ2v) is 9.46. The van der Waals surface area contributed by atoms with Gasteiger partial charge in [0.05, 0.1) is 10.7 Å². The van der Waals surface area contributed by atoms with E-state index in [2.05, 4.69) is 78.6 Å². The molecule has 0 saturated carbocycles. The zero-order valence-corrected chi connectivity index (χ0v) is 19.2. The first-order valence-electron chi connectivity index (χ1n) is 9.64. The minimum absolute atomic E-state index is 0.149. The quantitative estimate of drug-likeness (QED) is 0.439. The number of fused-ring (bicyclic) bond motifs is 1. The van der Waals surface area contributed by atoms with Gasteiger partial charge < -0.3 is 4.90 Å². The van der Waals surface area contributed by atoms with Crippen LogP contribution in [-0.4, -0.2) is 18.3 Å². The monoisotopic (exact) mass is 446 g/mol. The topological polar surface area (TPSA) is 15.6 Å². The van der Waals surface area contributed by atoms with Crippen molar-refractivity contribution in [1.82, 2.24) is 0 Å². The third-order valence-electron chi connectivity index (χ3n) is 5.45. The molecule has 2 aromatic carbocycles. The molecule has 3 rings (SSSR count). The van der Waals surface area contributed by atoms with Crippen LogP contribution in [0.2, 0.25) is 5.02 Å². The van der Waals surface area contributed by atoms with Crippen LogP contribution >= 0.6 is 27.5 Å². The summed E-state index contributed by atoms with van der Waals surface area (Å²) < 4.78 is 1.10. The summed E-state index contributed by atoms with van der Waals surface area (Å²) in [6.07, 6.45) is 4.16. The van der Waals surface area contributed by atoms with E-state index in [1.807, 2.05) is 18.3 Å². The Labute approximate surface area is 176 Å². The van der Waals surface area contributed by atoms with Gasteiger partial charge in [0.25, 0.3) is 0 Å². The predicted molar refractivity (Wildman–Crippen MR) is 122 cm³/mol. The van der Waals surface area contributed by atoms with Crippen molar-refractivity contribution < 1.29 is 0 Å². The van der Waals surface area contributed by atoms with Crippen molar-refractivity contribution in [1.29, 1.82) is 0 Å². The van der Waals surface area contributed by atoms with Gasteiger partial charge in [-0.15, -0.1) is 0 Å². The zero-order valence-electron chi connectivity index (χ0n) is 16.8. The van der Waals surface area contributed by atoms with E-state index < -0.39 is 0 Å². The average Bonchev–Trinajstić information content (AvgIpc) is 2.59. The second-order valence-electron chi connectivity index (χ2n) is 8.19. The van der Waals surface area contributed by atoms with Gasteiger partial charge in [-0.25, -0.2) is 0 Å². The smallest absolute Gasteiger partial charge is 0.0633 e. The molecular weight excluding hydrogens is 420 g/mol. The van der Waals surface area contributed by atoms with E-state index in [1.54, 1.807) is 0 Å². The van der Waals surface area contributed by atoms with Crippen molar-refractivity contribution in [2.45, 2.75) is 58.9 Å². The second kappa shape index (κ2) is 7.97. The van der Waals surface area contributed by atoms with Crippen LogP contribution < -0.4 is 4.90 Å². The summed E-state index contributed by atoms with van der Waals surface area (Å²) in [6.45, 7) is 12.3. The lowest BCUT2D eigenvalue weighted by molar-refractivity contribution is 0.376. The van der Waals surface area contributed by atoms with Crippen LogP contribution in [-0.2, 0) is 0 Å². The summed E-state index contributed by atoms with van der Waals surface area (Å²) in [5, 5.41) is 0.761. The number of halogens is 2. The molecule has 1 heterocycles. The lowest BCUT2D eigenvalue weighted by Crippen LogP contribution is -2.48. The fraction of sp³-hybridized carbons (Fsp3) is 0.435. The predicted octanol–water partition coefficient (Wildman–Crippen LogP) is 7.66. The molecule has 0 radical (unpaired) electrons. The Morgan fingerprint density at radius 2 is 2.04 bits per heavy atom. The molecule has 4 heteroatoms. The van der Waals surface area contributed by atoms with Crippen LogP contribution in [0.4, 0.5) is 11.4 Å². The number of nitrogens with zero attached hydrogens (tertiary/aromatic N) is 2. The lowest BCUT2D eigenvalue weighted by atomic mass is 9.79.